The van der Waals surface area contributed by atoms with Gasteiger partial charge in [0.05, 0.1) is 16.3 Å². The largest absolute Gasteiger partial charge is 0.484 e. The summed E-state index contributed by atoms with van der Waals surface area (Å²) in [5.74, 6) is -2.51. The van der Waals surface area contributed by atoms with Crippen molar-refractivity contribution in [3.05, 3.63) is 81.5 Å². The fourth-order valence-electron chi connectivity index (χ4n) is 5.07. The molecular formula is C29H32BrN3O9. The number of hydrogen-bond donors (Lipinski definition) is 1. The summed E-state index contributed by atoms with van der Waals surface area (Å²) in [6.45, 7) is 3.70. The Morgan fingerprint density at radius 3 is 2.36 bits per heavy atom. The number of nitro benzene ring substituents is 1. The molecule has 2 amide bonds. The molecule has 2 aliphatic rings. The van der Waals surface area contributed by atoms with Gasteiger partial charge in [-0.3, -0.25) is 24.6 Å². The van der Waals surface area contributed by atoms with E-state index in [-0.39, 0.29) is 43.1 Å². The first-order chi connectivity index (χ1) is 20.2. The van der Waals surface area contributed by atoms with Gasteiger partial charge >= 0.3 is 5.97 Å². The van der Waals surface area contributed by atoms with E-state index in [0.29, 0.717) is 29.7 Å². The molecule has 13 heteroatoms. The Labute approximate surface area is 251 Å². The van der Waals surface area contributed by atoms with E-state index in [1.54, 1.807) is 38.1 Å². The molecule has 1 fully saturated rings. The van der Waals surface area contributed by atoms with Gasteiger partial charge in [0.1, 0.15) is 24.1 Å². The lowest BCUT2D eigenvalue weighted by molar-refractivity contribution is -0.384. The van der Waals surface area contributed by atoms with Crippen LogP contribution in [0, 0.1) is 10.1 Å². The lowest BCUT2D eigenvalue weighted by atomic mass is 9.81. The molecule has 0 bridgehead atoms. The number of para-hydroxylation sites is 1. The Hall–Kier alpha value is -3.81. The van der Waals surface area contributed by atoms with Gasteiger partial charge in [0.2, 0.25) is 5.79 Å². The van der Waals surface area contributed by atoms with E-state index in [9.17, 15) is 24.5 Å². The van der Waals surface area contributed by atoms with Crippen molar-refractivity contribution in [1.82, 2.24) is 10.2 Å². The summed E-state index contributed by atoms with van der Waals surface area (Å²) in [6.07, 6.45) is 0.786. The first-order valence-corrected chi connectivity index (χ1v) is 14.6. The number of hydrogen-bond acceptors (Lipinski definition) is 9. The fraction of sp³-hybridized carbons (Fsp3) is 0.414. The SMILES string of the molecule is CCOC(CBr)(OCC)C1=C(C(=O)OCc2ccc([N+](=O)[O-])cc2)N2C(=O)[C@@H](NC(=O)COc3ccccc3)[C@H]2CC1. The van der Waals surface area contributed by atoms with Crippen molar-refractivity contribution in [2.45, 2.75) is 51.2 Å². The Morgan fingerprint density at radius 2 is 1.76 bits per heavy atom. The van der Waals surface area contributed by atoms with E-state index in [0.717, 1.165) is 0 Å². The minimum Gasteiger partial charge on any atom is -0.484 e. The van der Waals surface area contributed by atoms with E-state index in [4.69, 9.17) is 18.9 Å². The summed E-state index contributed by atoms with van der Waals surface area (Å²) in [6, 6.07) is 13.1. The quantitative estimate of drug-likeness (QED) is 0.0812. The Balaban J connectivity index is 1.56. The standard InChI is InChI=1S/C29H32BrN3O9/c1-3-41-29(18-30,42-4-2)22-14-15-23-25(31-24(34)17-39-21-8-6-5-7-9-21)27(35)32(23)26(22)28(36)40-16-19-10-12-20(13-11-19)33(37)38/h5-13,23,25H,3-4,14-18H2,1-2H3,(H,31,34)/t23-,25+/m1/s1. The van der Waals surface area contributed by atoms with Crippen LogP contribution in [0.5, 0.6) is 5.75 Å². The van der Waals surface area contributed by atoms with Crippen LogP contribution in [0.15, 0.2) is 65.9 Å². The van der Waals surface area contributed by atoms with Gasteiger partial charge < -0.3 is 24.3 Å². The molecule has 12 nitrogen and oxygen atoms in total. The molecule has 42 heavy (non-hydrogen) atoms. The van der Waals surface area contributed by atoms with E-state index in [1.165, 1.54) is 29.2 Å². The molecule has 1 N–H and O–H groups in total. The first-order valence-electron chi connectivity index (χ1n) is 13.5. The van der Waals surface area contributed by atoms with Crippen molar-refractivity contribution in [2.75, 3.05) is 25.2 Å². The van der Waals surface area contributed by atoms with Crippen LogP contribution in [0.1, 0.15) is 32.3 Å². The van der Waals surface area contributed by atoms with E-state index < -0.39 is 40.6 Å². The van der Waals surface area contributed by atoms with Gasteiger partial charge in [-0.1, -0.05) is 34.1 Å². The van der Waals surface area contributed by atoms with Gasteiger partial charge in [-0.2, -0.15) is 0 Å². The van der Waals surface area contributed by atoms with Gasteiger partial charge in [-0.25, -0.2) is 4.79 Å². The second kappa shape index (κ2) is 13.9. The Bertz CT molecular complexity index is 1330. The third-order valence-corrected chi connectivity index (χ3v) is 7.71. The van der Waals surface area contributed by atoms with Crippen molar-refractivity contribution < 1.29 is 38.3 Å². The van der Waals surface area contributed by atoms with Gasteiger partial charge in [0.15, 0.2) is 6.61 Å². The van der Waals surface area contributed by atoms with Crippen molar-refractivity contribution in [3.63, 3.8) is 0 Å². The van der Waals surface area contributed by atoms with Gasteiger partial charge in [-0.05, 0) is 56.5 Å². The summed E-state index contributed by atoms with van der Waals surface area (Å²) in [5.41, 5.74) is 0.904. The van der Waals surface area contributed by atoms with Crippen molar-refractivity contribution in [1.29, 1.82) is 0 Å². The number of alkyl halides is 1. The highest BCUT2D eigenvalue weighted by molar-refractivity contribution is 9.09. The third kappa shape index (κ3) is 6.63. The molecule has 0 spiro atoms. The normalized spacial score (nSPS) is 18.2. The number of fused-ring (bicyclic) bond motifs is 1. The molecule has 2 atom stereocenters. The summed E-state index contributed by atoms with van der Waals surface area (Å²) >= 11 is 3.46. The predicted molar refractivity (Wildman–Crippen MR) is 153 cm³/mol. The van der Waals surface area contributed by atoms with E-state index in [1.807, 2.05) is 6.07 Å². The van der Waals surface area contributed by atoms with Gasteiger partial charge in [0.25, 0.3) is 17.5 Å². The molecular weight excluding hydrogens is 614 g/mol. The van der Waals surface area contributed by atoms with Crippen LogP contribution >= 0.6 is 15.9 Å². The summed E-state index contributed by atoms with van der Waals surface area (Å²) < 4.78 is 23.1. The lowest BCUT2D eigenvalue weighted by Crippen LogP contribution is -2.72. The van der Waals surface area contributed by atoms with Crippen LogP contribution in [0.4, 0.5) is 5.69 Å². The molecule has 2 aromatic rings. The van der Waals surface area contributed by atoms with E-state index in [2.05, 4.69) is 21.2 Å². The van der Waals surface area contributed by atoms with Crippen LogP contribution in [-0.2, 0) is 35.2 Å². The number of carbonyl (C=O) groups excluding carboxylic acids is 3. The van der Waals surface area contributed by atoms with Crippen LogP contribution in [0.3, 0.4) is 0 Å². The second-order valence-electron chi connectivity index (χ2n) is 9.54. The molecule has 0 aromatic heterocycles. The van der Waals surface area contributed by atoms with Crippen LogP contribution < -0.4 is 10.1 Å². The molecule has 0 radical (unpaired) electrons. The minimum absolute atomic E-state index is 0.00514. The maximum Gasteiger partial charge on any atom is 0.355 e. The number of nitrogens with one attached hydrogen (secondary N) is 1. The number of esters is 1. The maximum atomic E-state index is 13.6. The molecule has 1 saturated heterocycles. The lowest BCUT2D eigenvalue weighted by Gasteiger charge is -2.52. The maximum absolute atomic E-state index is 13.6. The number of benzene rings is 2. The molecule has 2 aromatic carbocycles. The highest BCUT2D eigenvalue weighted by Gasteiger charge is 2.56. The highest BCUT2D eigenvalue weighted by atomic mass is 79.9. The monoisotopic (exact) mass is 645 g/mol. The number of β-lactam (4-membered cyclic amide) rings is 1. The topological polar surface area (TPSA) is 147 Å². The highest BCUT2D eigenvalue weighted by Crippen LogP contribution is 2.43. The summed E-state index contributed by atoms with van der Waals surface area (Å²) in [7, 11) is 0. The molecule has 224 valence electrons. The number of amides is 2. The fourth-order valence-corrected chi connectivity index (χ4v) is 5.74. The smallest absolute Gasteiger partial charge is 0.355 e. The zero-order valence-corrected chi connectivity index (χ0v) is 24.8. The number of non-ortho nitro benzene ring substituents is 1. The molecule has 0 unspecified atom stereocenters. The molecule has 0 aliphatic carbocycles. The zero-order valence-electron chi connectivity index (χ0n) is 23.2. The average molecular weight is 646 g/mol. The van der Waals surface area contributed by atoms with Crippen molar-refractivity contribution >= 4 is 39.4 Å². The van der Waals surface area contributed by atoms with Crippen LogP contribution in [0.25, 0.3) is 0 Å². The molecule has 0 saturated carbocycles. The zero-order chi connectivity index (χ0) is 30.3. The predicted octanol–water partition coefficient (Wildman–Crippen LogP) is 3.62. The van der Waals surface area contributed by atoms with Crippen molar-refractivity contribution in [2.24, 2.45) is 0 Å². The summed E-state index contributed by atoms with van der Waals surface area (Å²) in [4.78, 5) is 51.5. The summed E-state index contributed by atoms with van der Waals surface area (Å²) in [5, 5.41) is 13.9. The van der Waals surface area contributed by atoms with Crippen LogP contribution in [-0.4, -0.2) is 70.6 Å². The molecule has 4 rings (SSSR count). The van der Waals surface area contributed by atoms with E-state index >= 15 is 0 Å². The van der Waals surface area contributed by atoms with Crippen molar-refractivity contribution in [3.8, 4) is 5.75 Å². The number of ether oxygens (including phenoxy) is 4. The average Bonchev–Trinajstić information content (AvgIpc) is 3.01. The Morgan fingerprint density at radius 1 is 1.10 bits per heavy atom. The molecule has 2 heterocycles. The number of carbonyl (C=O) groups is 3. The molecule has 2 aliphatic heterocycles. The second-order valence-corrected chi connectivity index (χ2v) is 10.1. The number of halogens is 1. The number of nitro groups is 1. The van der Waals surface area contributed by atoms with Gasteiger partial charge in [0, 0.05) is 30.9 Å². The van der Waals surface area contributed by atoms with Gasteiger partial charge in [-0.15, -0.1) is 0 Å². The third-order valence-electron chi connectivity index (χ3n) is 6.97. The Kier molecular flexibility index (Phi) is 10.3. The number of nitrogens with zero attached hydrogens (tertiary/aromatic N) is 2. The first kappa shape index (κ1) is 31.1. The van der Waals surface area contributed by atoms with Crippen LogP contribution in [0.2, 0.25) is 0 Å². The minimum atomic E-state index is -1.33. The number of rotatable bonds is 14.